The highest BCUT2D eigenvalue weighted by Crippen LogP contribution is 2.16. The largest absolute Gasteiger partial charge is 0.467 e. The molecule has 0 aromatic carbocycles. The van der Waals surface area contributed by atoms with Crippen molar-refractivity contribution in [3.63, 3.8) is 0 Å². The number of nitrogens with zero attached hydrogens (tertiary/aromatic N) is 3. The second kappa shape index (κ2) is 9.62. The highest BCUT2D eigenvalue weighted by atomic mass is 16.5. The Morgan fingerprint density at radius 1 is 1.27 bits per heavy atom. The van der Waals surface area contributed by atoms with Gasteiger partial charge in [-0.3, -0.25) is 4.79 Å². The smallest absolute Gasteiger partial charge is 0.319 e. The number of rotatable bonds is 8. The number of carbonyl (C=O) groups excluding carboxylic acids is 2. The van der Waals surface area contributed by atoms with Gasteiger partial charge >= 0.3 is 6.03 Å². The third kappa shape index (κ3) is 6.05. The van der Waals surface area contributed by atoms with Gasteiger partial charge in [0.25, 0.3) is 0 Å². The first-order valence-electron chi connectivity index (χ1n) is 9.24. The van der Waals surface area contributed by atoms with E-state index >= 15 is 0 Å². The fourth-order valence-electron chi connectivity index (χ4n) is 3.08. The van der Waals surface area contributed by atoms with Gasteiger partial charge in [-0.2, -0.15) is 0 Å². The first kappa shape index (κ1) is 20.3. The van der Waals surface area contributed by atoms with Gasteiger partial charge < -0.3 is 23.9 Å². The molecule has 1 unspecified atom stereocenters. The first-order valence-corrected chi connectivity index (χ1v) is 9.24. The van der Waals surface area contributed by atoms with Crippen LogP contribution in [0.2, 0.25) is 0 Å². The molecule has 0 aliphatic carbocycles. The molecule has 0 N–H and O–H groups in total. The number of furan rings is 1. The summed E-state index contributed by atoms with van der Waals surface area (Å²) in [5.41, 5.74) is 0. The minimum absolute atomic E-state index is 0.0528. The van der Waals surface area contributed by atoms with Gasteiger partial charge in [-0.05, 0) is 30.9 Å². The summed E-state index contributed by atoms with van der Waals surface area (Å²) in [4.78, 5) is 30.3. The zero-order valence-corrected chi connectivity index (χ0v) is 16.3. The number of amides is 3. The van der Waals surface area contributed by atoms with Crippen molar-refractivity contribution >= 4 is 11.9 Å². The van der Waals surface area contributed by atoms with E-state index in [1.165, 1.54) is 4.90 Å². The van der Waals surface area contributed by atoms with E-state index in [1.54, 1.807) is 30.2 Å². The Hall–Kier alpha value is -2.02. The maximum absolute atomic E-state index is 13.0. The van der Waals surface area contributed by atoms with Crippen LogP contribution in [0, 0.1) is 5.92 Å². The number of ether oxygens (including phenoxy) is 1. The molecule has 26 heavy (non-hydrogen) atoms. The standard InChI is InChI=1S/C19H31N3O4/c1-15(2)11-22(19(24)20(3)4)14-18(23)21(12-16-7-5-9-25-16)13-17-8-6-10-26-17/h5,7,9,15,17H,6,8,10-14H2,1-4H3. The van der Waals surface area contributed by atoms with E-state index in [4.69, 9.17) is 9.15 Å². The van der Waals surface area contributed by atoms with Crippen molar-refractivity contribution in [3.8, 4) is 0 Å². The molecular formula is C19H31N3O4. The highest BCUT2D eigenvalue weighted by molar-refractivity contribution is 5.84. The van der Waals surface area contributed by atoms with Gasteiger partial charge in [0.1, 0.15) is 12.3 Å². The SMILES string of the molecule is CC(C)CN(CC(=O)N(Cc1ccco1)CC1CCCO1)C(=O)N(C)C. The molecule has 3 amide bonds. The molecule has 2 heterocycles. The molecule has 0 spiro atoms. The quantitative estimate of drug-likeness (QED) is 0.710. The molecule has 0 radical (unpaired) electrons. The number of hydrogen-bond donors (Lipinski definition) is 0. The Bertz CT molecular complexity index is 565. The monoisotopic (exact) mass is 365 g/mol. The van der Waals surface area contributed by atoms with Crippen LogP contribution in [0.3, 0.4) is 0 Å². The van der Waals surface area contributed by atoms with Crippen LogP contribution >= 0.6 is 0 Å². The Morgan fingerprint density at radius 3 is 2.58 bits per heavy atom. The van der Waals surface area contributed by atoms with Gasteiger partial charge in [0, 0.05) is 33.8 Å². The van der Waals surface area contributed by atoms with E-state index in [0.717, 1.165) is 25.2 Å². The molecule has 1 atom stereocenters. The zero-order valence-electron chi connectivity index (χ0n) is 16.3. The lowest BCUT2D eigenvalue weighted by Crippen LogP contribution is -2.48. The third-order valence-electron chi connectivity index (χ3n) is 4.29. The van der Waals surface area contributed by atoms with Crippen molar-refractivity contribution in [2.75, 3.05) is 40.3 Å². The van der Waals surface area contributed by atoms with Gasteiger partial charge in [-0.25, -0.2) is 4.79 Å². The van der Waals surface area contributed by atoms with E-state index in [9.17, 15) is 9.59 Å². The Balaban J connectivity index is 2.07. The average molecular weight is 365 g/mol. The zero-order chi connectivity index (χ0) is 19.1. The molecule has 0 saturated carbocycles. The minimum Gasteiger partial charge on any atom is -0.467 e. The maximum atomic E-state index is 13.0. The van der Waals surface area contributed by atoms with Crippen LogP contribution < -0.4 is 0 Å². The van der Waals surface area contributed by atoms with E-state index < -0.39 is 0 Å². The predicted octanol–water partition coefficient (Wildman–Crippen LogP) is 2.43. The molecule has 7 nitrogen and oxygen atoms in total. The van der Waals surface area contributed by atoms with Crippen molar-refractivity contribution in [1.82, 2.24) is 14.7 Å². The number of urea groups is 1. The van der Waals surface area contributed by atoms with Gasteiger partial charge in [0.15, 0.2) is 0 Å². The Labute approximate surface area is 155 Å². The van der Waals surface area contributed by atoms with Crippen molar-refractivity contribution in [3.05, 3.63) is 24.2 Å². The van der Waals surface area contributed by atoms with Crippen LogP contribution in [-0.2, 0) is 16.1 Å². The first-order chi connectivity index (χ1) is 12.4. The predicted molar refractivity (Wildman–Crippen MR) is 98.6 cm³/mol. The number of hydrogen-bond acceptors (Lipinski definition) is 4. The minimum atomic E-state index is -0.151. The van der Waals surface area contributed by atoms with Crippen molar-refractivity contribution in [2.24, 2.45) is 5.92 Å². The van der Waals surface area contributed by atoms with Crippen molar-refractivity contribution < 1.29 is 18.7 Å². The lowest BCUT2D eigenvalue weighted by Gasteiger charge is -2.31. The summed E-state index contributed by atoms with van der Waals surface area (Å²) >= 11 is 0. The van der Waals surface area contributed by atoms with Gasteiger partial charge in [0.2, 0.25) is 5.91 Å². The molecule has 1 fully saturated rings. The summed E-state index contributed by atoms with van der Waals surface area (Å²) < 4.78 is 11.1. The van der Waals surface area contributed by atoms with E-state index in [-0.39, 0.29) is 30.5 Å². The summed E-state index contributed by atoms with van der Waals surface area (Å²) in [6.45, 7) is 6.31. The van der Waals surface area contributed by atoms with Gasteiger partial charge in [0.05, 0.1) is 18.9 Å². The summed E-state index contributed by atoms with van der Waals surface area (Å²) in [5.74, 6) is 0.918. The van der Waals surface area contributed by atoms with E-state index in [1.807, 2.05) is 26.0 Å². The topological polar surface area (TPSA) is 66.2 Å². The molecule has 146 valence electrons. The molecule has 1 aromatic rings. The average Bonchev–Trinajstić information content (AvgIpc) is 3.26. The van der Waals surface area contributed by atoms with Crippen LogP contribution in [0.4, 0.5) is 4.79 Å². The second-order valence-corrected chi connectivity index (χ2v) is 7.44. The molecular weight excluding hydrogens is 334 g/mol. The fraction of sp³-hybridized carbons (Fsp3) is 0.684. The summed E-state index contributed by atoms with van der Waals surface area (Å²) in [6.07, 6.45) is 3.63. The third-order valence-corrected chi connectivity index (χ3v) is 4.29. The highest BCUT2D eigenvalue weighted by Gasteiger charge is 2.27. The van der Waals surface area contributed by atoms with Gasteiger partial charge in [-0.15, -0.1) is 0 Å². The normalized spacial score (nSPS) is 16.7. The van der Waals surface area contributed by atoms with E-state index in [0.29, 0.717) is 19.6 Å². The van der Waals surface area contributed by atoms with Crippen LogP contribution in [0.15, 0.2) is 22.8 Å². The molecule has 7 heteroatoms. The van der Waals surface area contributed by atoms with Crippen LogP contribution in [0.25, 0.3) is 0 Å². The van der Waals surface area contributed by atoms with Crippen LogP contribution in [0.5, 0.6) is 0 Å². The molecule has 1 aliphatic heterocycles. The Morgan fingerprint density at radius 2 is 2.04 bits per heavy atom. The second-order valence-electron chi connectivity index (χ2n) is 7.44. The van der Waals surface area contributed by atoms with Crippen molar-refractivity contribution in [2.45, 2.75) is 39.3 Å². The van der Waals surface area contributed by atoms with Crippen LogP contribution in [-0.4, -0.2) is 73.1 Å². The summed E-state index contributed by atoms with van der Waals surface area (Å²) in [5, 5.41) is 0. The summed E-state index contributed by atoms with van der Waals surface area (Å²) in [6, 6.07) is 3.51. The van der Waals surface area contributed by atoms with Crippen molar-refractivity contribution in [1.29, 1.82) is 0 Å². The molecule has 2 rings (SSSR count). The molecule has 1 aromatic heterocycles. The maximum Gasteiger partial charge on any atom is 0.319 e. The molecule has 0 bridgehead atoms. The van der Waals surface area contributed by atoms with Crippen LogP contribution in [0.1, 0.15) is 32.4 Å². The fourth-order valence-corrected chi connectivity index (χ4v) is 3.08. The number of carbonyl (C=O) groups is 2. The van der Waals surface area contributed by atoms with Gasteiger partial charge in [-0.1, -0.05) is 13.8 Å². The lowest BCUT2D eigenvalue weighted by atomic mass is 10.2. The molecule has 1 aliphatic rings. The lowest BCUT2D eigenvalue weighted by molar-refractivity contribution is -0.134. The summed E-state index contributed by atoms with van der Waals surface area (Å²) in [7, 11) is 3.40. The van der Waals surface area contributed by atoms with E-state index in [2.05, 4.69) is 0 Å². The molecule has 1 saturated heterocycles. The Kier molecular flexibility index (Phi) is 7.50.